The van der Waals surface area contributed by atoms with Crippen LogP contribution in [0.1, 0.15) is 13.8 Å². The predicted molar refractivity (Wildman–Crippen MR) is 43.5 cm³/mol. The molecule has 0 aromatic carbocycles. The second kappa shape index (κ2) is 3.95. The molecule has 7 heteroatoms. The lowest BCUT2D eigenvalue weighted by Crippen LogP contribution is -2.17. The molecule has 0 bridgehead atoms. The zero-order chi connectivity index (χ0) is 10.7. The molecule has 0 unspecified atom stereocenters. The first-order chi connectivity index (χ1) is 6.50. The number of hydrogen-bond donors (Lipinski definition) is 0. The summed E-state index contributed by atoms with van der Waals surface area (Å²) >= 11 is 0. The van der Waals surface area contributed by atoms with Crippen molar-refractivity contribution in [2.24, 2.45) is 0 Å². The second-order valence-electron chi connectivity index (χ2n) is 2.59. The molecule has 1 aliphatic rings. The van der Waals surface area contributed by atoms with E-state index >= 15 is 0 Å². The Bertz CT molecular complexity index is 304. The largest absolute Gasteiger partial charge is 0.868 e. The average Bonchev–Trinajstić information content (AvgIpc) is 2.42. The molecular formula is C7H7BO6. The summed E-state index contributed by atoms with van der Waals surface area (Å²) in [5.41, 5.74) is 0.323. The average molecular weight is 198 g/mol. The number of allylic oxidation sites excluding steroid dienone is 1. The van der Waals surface area contributed by atoms with Crippen molar-refractivity contribution in [2.75, 3.05) is 0 Å². The van der Waals surface area contributed by atoms with Crippen LogP contribution in [0.5, 0.6) is 0 Å². The van der Waals surface area contributed by atoms with Gasteiger partial charge in [0.1, 0.15) is 0 Å². The Morgan fingerprint density at radius 1 is 1.29 bits per heavy atom. The highest BCUT2D eigenvalue weighted by atomic mass is 16.8. The fourth-order valence-electron chi connectivity index (χ4n) is 0.591. The fraction of sp³-hybridized carbons (Fsp3) is 0.286. The van der Waals surface area contributed by atoms with Gasteiger partial charge in [0.2, 0.25) is 0 Å². The molecule has 1 saturated heterocycles. The molecule has 1 rings (SSSR count). The Balaban J connectivity index is 2.48. The molecule has 6 nitrogen and oxygen atoms in total. The topological polar surface area (TPSA) is 78.9 Å². The van der Waals surface area contributed by atoms with Crippen molar-refractivity contribution in [3.63, 3.8) is 0 Å². The van der Waals surface area contributed by atoms with Gasteiger partial charge in [0, 0.05) is 5.57 Å². The summed E-state index contributed by atoms with van der Waals surface area (Å²) < 4.78 is 13.3. The first-order valence-corrected chi connectivity index (χ1v) is 3.75. The van der Waals surface area contributed by atoms with Crippen LogP contribution in [0.15, 0.2) is 11.8 Å². The third kappa shape index (κ3) is 2.35. The molecule has 0 spiro atoms. The van der Waals surface area contributed by atoms with Crippen molar-refractivity contribution in [2.45, 2.75) is 13.8 Å². The zero-order valence-electron chi connectivity index (χ0n) is 7.60. The number of carbonyl (C=O) groups is 3. The van der Waals surface area contributed by atoms with Crippen molar-refractivity contribution < 1.29 is 28.3 Å². The SMILES string of the molecule is CC(=O)C(C)=COB1OC(=O)C(=O)O1. The molecule has 1 aliphatic heterocycles. The Hall–Kier alpha value is -1.79. The van der Waals surface area contributed by atoms with Crippen LogP contribution in [-0.4, -0.2) is 25.0 Å². The summed E-state index contributed by atoms with van der Waals surface area (Å²) in [6.45, 7) is 2.86. The highest BCUT2D eigenvalue weighted by molar-refractivity contribution is 6.55. The Morgan fingerprint density at radius 2 is 1.79 bits per heavy atom. The monoisotopic (exact) mass is 198 g/mol. The fourth-order valence-corrected chi connectivity index (χ4v) is 0.591. The number of Topliss-reactive ketones (excluding diaryl/α,β-unsaturated/α-hetero) is 1. The van der Waals surface area contributed by atoms with Gasteiger partial charge in [-0.1, -0.05) is 0 Å². The Labute approximate surface area is 80.0 Å². The summed E-state index contributed by atoms with van der Waals surface area (Å²) in [6.07, 6.45) is 1.07. The van der Waals surface area contributed by atoms with Crippen molar-refractivity contribution in [3.8, 4) is 0 Å². The zero-order valence-corrected chi connectivity index (χ0v) is 7.60. The minimum Gasteiger partial charge on any atom is -0.496 e. The summed E-state index contributed by atoms with van der Waals surface area (Å²) in [5, 5.41) is 0. The second-order valence-corrected chi connectivity index (χ2v) is 2.59. The predicted octanol–water partition coefficient (Wildman–Crippen LogP) is -0.419. The summed E-state index contributed by atoms with van der Waals surface area (Å²) in [7, 11) is -1.38. The van der Waals surface area contributed by atoms with Crippen LogP contribution in [0.2, 0.25) is 0 Å². The summed E-state index contributed by atoms with van der Waals surface area (Å²) in [4.78, 5) is 31.7. The van der Waals surface area contributed by atoms with E-state index in [1.165, 1.54) is 13.8 Å². The lowest BCUT2D eigenvalue weighted by atomic mass is 10.2. The van der Waals surface area contributed by atoms with E-state index in [4.69, 9.17) is 4.65 Å². The number of rotatable bonds is 3. The first-order valence-electron chi connectivity index (χ1n) is 3.75. The maximum absolute atomic E-state index is 10.7. The number of ketones is 1. The van der Waals surface area contributed by atoms with Gasteiger partial charge in [0.05, 0.1) is 6.26 Å². The molecule has 0 amide bonds. The molecule has 1 fully saturated rings. The molecule has 74 valence electrons. The van der Waals surface area contributed by atoms with Crippen LogP contribution in [0.25, 0.3) is 0 Å². The summed E-state index contributed by atoms with van der Waals surface area (Å²) in [5.74, 6) is -2.41. The number of carbonyl (C=O) groups excluding carboxylic acids is 3. The Morgan fingerprint density at radius 3 is 2.21 bits per heavy atom. The van der Waals surface area contributed by atoms with E-state index in [9.17, 15) is 14.4 Å². The van der Waals surface area contributed by atoms with Gasteiger partial charge < -0.3 is 14.0 Å². The van der Waals surface area contributed by atoms with E-state index in [0.29, 0.717) is 5.57 Å². The van der Waals surface area contributed by atoms with Gasteiger partial charge in [-0.15, -0.1) is 0 Å². The van der Waals surface area contributed by atoms with Gasteiger partial charge in [0.25, 0.3) is 0 Å². The van der Waals surface area contributed by atoms with Crippen molar-refractivity contribution in [1.29, 1.82) is 0 Å². The highest BCUT2D eigenvalue weighted by Crippen LogP contribution is 2.06. The maximum Gasteiger partial charge on any atom is 0.868 e. The van der Waals surface area contributed by atoms with Crippen molar-refractivity contribution in [3.05, 3.63) is 11.8 Å². The molecule has 0 atom stereocenters. The van der Waals surface area contributed by atoms with Crippen molar-refractivity contribution >= 4 is 25.0 Å². The van der Waals surface area contributed by atoms with E-state index in [1.807, 2.05) is 0 Å². The quantitative estimate of drug-likeness (QED) is 0.265. The molecule has 0 aromatic heterocycles. The van der Waals surface area contributed by atoms with Gasteiger partial charge in [-0.05, 0) is 13.8 Å². The normalized spacial score (nSPS) is 16.4. The Kier molecular flexibility index (Phi) is 2.90. The van der Waals surface area contributed by atoms with Crippen LogP contribution < -0.4 is 0 Å². The van der Waals surface area contributed by atoms with Crippen LogP contribution in [0, 0.1) is 0 Å². The van der Waals surface area contributed by atoms with Gasteiger partial charge >= 0.3 is 19.3 Å². The molecule has 0 saturated carbocycles. The van der Waals surface area contributed by atoms with Crippen LogP contribution in [-0.2, 0) is 28.3 Å². The van der Waals surface area contributed by atoms with Crippen molar-refractivity contribution in [1.82, 2.24) is 0 Å². The molecule has 1 heterocycles. The van der Waals surface area contributed by atoms with E-state index < -0.39 is 19.3 Å². The molecule has 0 aliphatic carbocycles. The highest BCUT2D eigenvalue weighted by Gasteiger charge is 2.45. The smallest absolute Gasteiger partial charge is 0.496 e. The minimum atomic E-state index is -1.38. The van der Waals surface area contributed by atoms with Gasteiger partial charge in [-0.3, -0.25) is 4.79 Å². The van der Waals surface area contributed by atoms with Crippen LogP contribution in [0.3, 0.4) is 0 Å². The maximum atomic E-state index is 10.7. The molecule has 0 radical (unpaired) electrons. The van der Waals surface area contributed by atoms with Gasteiger partial charge in [-0.25, -0.2) is 9.59 Å². The van der Waals surface area contributed by atoms with E-state index in [-0.39, 0.29) is 5.78 Å². The molecule has 14 heavy (non-hydrogen) atoms. The number of hydrogen-bond acceptors (Lipinski definition) is 6. The van der Waals surface area contributed by atoms with Crippen LogP contribution >= 0.6 is 0 Å². The van der Waals surface area contributed by atoms with E-state index in [0.717, 1.165) is 6.26 Å². The molecule has 0 aromatic rings. The van der Waals surface area contributed by atoms with E-state index in [1.54, 1.807) is 0 Å². The third-order valence-electron chi connectivity index (χ3n) is 1.48. The van der Waals surface area contributed by atoms with Gasteiger partial charge in [-0.2, -0.15) is 0 Å². The van der Waals surface area contributed by atoms with Gasteiger partial charge in [0.15, 0.2) is 5.78 Å². The third-order valence-corrected chi connectivity index (χ3v) is 1.48. The lowest BCUT2D eigenvalue weighted by molar-refractivity contribution is -0.150. The van der Waals surface area contributed by atoms with E-state index in [2.05, 4.69) is 9.31 Å². The lowest BCUT2D eigenvalue weighted by Gasteiger charge is -2.00. The standard InChI is InChI=1S/C7H7BO6/c1-4(5(2)9)3-12-8-13-6(10)7(11)14-8/h3H,1-2H3. The summed E-state index contributed by atoms with van der Waals surface area (Å²) in [6, 6.07) is 0. The first kappa shape index (κ1) is 10.3. The van der Waals surface area contributed by atoms with Crippen LogP contribution in [0.4, 0.5) is 0 Å². The molecular weight excluding hydrogens is 191 g/mol. The molecule has 0 N–H and O–H groups in total. The minimum absolute atomic E-state index is 0.194.